The molecule has 2 aliphatic rings. The molecule has 1 aliphatic heterocycles. The number of amides is 1. The van der Waals surface area contributed by atoms with E-state index in [0.29, 0.717) is 17.4 Å². The van der Waals surface area contributed by atoms with Gasteiger partial charge >= 0.3 is 0 Å². The summed E-state index contributed by atoms with van der Waals surface area (Å²) in [6, 6.07) is 5.05. The summed E-state index contributed by atoms with van der Waals surface area (Å²) in [4.78, 5) is 23.2. The number of pyridine rings is 1. The second kappa shape index (κ2) is 6.92. The summed E-state index contributed by atoms with van der Waals surface area (Å²) in [6.07, 6.45) is 10.9. The third kappa shape index (κ3) is 3.04. The van der Waals surface area contributed by atoms with E-state index in [2.05, 4.69) is 26.0 Å². The molecule has 9 nitrogen and oxygen atoms in total. The van der Waals surface area contributed by atoms with Crippen LogP contribution in [0.4, 0.5) is 0 Å². The summed E-state index contributed by atoms with van der Waals surface area (Å²) < 4.78 is 3.68. The van der Waals surface area contributed by atoms with Gasteiger partial charge in [0.05, 0.1) is 23.7 Å². The normalized spacial score (nSPS) is 23.7. The van der Waals surface area contributed by atoms with Crippen LogP contribution in [0, 0.1) is 16.7 Å². The molecular formula is C21H24N8O. The number of aromatic nitrogens is 5. The summed E-state index contributed by atoms with van der Waals surface area (Å²) in [7, 11) is 0. The molecule has 1 saturated carbocycles. The summed E-state index contributed by atoms with van der Waals surface area (Å²) in [5.74, 6) is 0.0316. The molecular weight excluding hydrogens is 380 g/mol. The summed E-state index contributed by atoms with van der Waals surface area (Å²) in [5, 5.41) is 14.7. The van der Waals surface area contributed by atoms with Crippen LogP contribution in [-0.2, 0) is 0 Å². The molecule has 9 heteroatoms. The van der Waals surface area contributed by atoms with Crippen LogP contribution in [0.15, 0.2) is 31.0 Å². The predicted octanol–water partition coefficient (Wildman–Crippen LogP) is 2.05. The Morgan fingerprint density at radius 1 is 1.27 bits per heavy atom. The molecule has 4 heterocycles. The van der Waals surface area contributed by atoms with E-state index in [9.17, 15) is 10.1 Å². The van der Waals surface area contributed by atoms with E-state index in [1.54, 1.807) is 29.5 Å². The van der Waals surface area contributed by atoms with Crippen LogP contribution in [0.5, 0.6) is 0 Å². The largest absolute Gasteiger partial charge is 0.364 e. The van der Waals surface area contributed by atoms with Crippen molar-refractivity contribution in [3.63, 3.8) is 0 Å². The van der Waals surface area contributed by atoms with Crippen molar-refractivity contribution >= 4 is 16.8 Å². The van der Waals surface area contributed by atoms with Crippen molar-refractivity contribution in [2.24, 2.45) is 11.1 Å². The fourth-order valence-corrected chi connectivity index (χ4v) is 4.89. The third-order valence-electron chi connectivity index (χ3n) is 6.46. The lowest BCUT2D eigenvalue weighted by Crippen LogP contribution is -2.58. The molecule has 0 bridgehead atoms. The van der Waals surface area contributed by atoms with Crippen molar-refractivity contribution in [1.82, 2.24) is 29.2 Å². The lowest BCUT2D eigenvalue weighted by molar-refractivity contribution is -0.000436. The average molecular weight is 404 g/mol. The summed E-state index contributed by atoms with van der Waals surface area (Å²) in [6.45, 7) is 3.74. The quantitative estimate of drug-likeness (QED) is 0.711. The van der Waals surface area contributed by atoms with E-state index in [4.69, 9.17) is 5.73 Å². The van der Waals surface area contributed by atoms with Gasteiger partial charge in [0, 0.05) is 36.9 Å². The zero-order valence-corrected chi connectivity index (χ0v) is 16.9. The van der Waals surface area contributed by atoms with Gasteiger partial charge in [0.25, 0.3) is 5.91 Å². The number of rotatable bonds is 4. The minimum absolute atomic E-state index is 0.190. The van der Waals surface area contributed by atoms with Crippen molar-refractivity contribution in [3.05, 3.63) is 36.7 Å². The molecule has 1 amide bonds. The number of nitriles is 1. The maximum atomic E-state index is 12.2. The van der Waals surface area contributed by atoms with Gasteiger partial charge in [-0.15, -0.1) is 0 Å². The molecule has 154 valence electrons. The minimum Gasteiger partial charge on any atom is -0.364 e. The molecule has 3 aromatic rings. The van der Waals surface area contributed by atoms with E-state index in [1.165, 1.54) is 0 Å². The Bertz CT molecular complexity index is 1130. The number of fused-ring (bicyclic) bond motifs is 1. The van der Waals surface area contributed by atoms with E-state index < -0.39 is 5.91 Å². The van der Waals surface area contributed by atoms with Crippen molar-refractivity contribution in [2.75, 3.05) is 13.1 Å². The zero-order valence-electron chi connectivity index (χ0n) is 16.9. The van der Waals surface area contributed by atoms with Crippen LogP contribution in [0.2, 0.25) is 0 Å². The first-order chi connectivity index (χ1) is 14.5. The van der Waals surface area contributed by atoms with Crippen molar-refractivity contribution in [2.45, 2.75) is 44.7 Å². The van der Waals surface area contributed by atoms with Gasteiger partial charge in [0.2, 0.25) is 0 Å². The molecule has 0 aromatic carbocycles. The highest BCUT2D eigenvalue weighted by molar-refractivity contribution is 6.03. The molecule has 0 spiro atoms. The molecule has 0 radical (unpaired) electrons. The highest BCUT2D eigenvalue weighted by Crippen LogP contribution is 2.38. The fourth-order valence-electron chi connectivity index (χ4n) is 4.89. The number of carbonyl (C=O) groups is 1. The predicted molar refractivity (Wildman–Crippen MR) is 110 cm³/mol. The fraction of sp³-hybridized carbons (Fsp3) is 0.476. The number of carbonyl (C=O) groups excluding carboxylic acids is 1. The molecule has 5 rings (SSSR count). The van der Waals surface area contributed by atoms with Gasteiger partial charge in [-0.25, -0.2) is 9.97 Å². The second-order valence-corrected chi connectivity index (χ2v) is 8.73. The number of primary amides is 1. The number of imidazole rings is 1. The monoisotopic (exact) mass is 404 g/mol. The first-order valence-corrected chi connectivity index (χ1v) is 10.3. The smallest absolute Gasteiger partial charge is 0.269 e. The van der Waals surface area contributed by atoms with Crippen molar-refractivity contribution < 1.29 is 4.79 Å². The molecule has 2 N–H and O–H groups in total. The van der Waals surface area contributed by atoms with E-state index in [1.807, 2.05) is 17.7 Å². The maximum Gasteiger partial charge on any atom is 0.269 e. The van der Waals surface area contributed by atoms with Crippen molar-refractivity contribution in [1.29, 1.82) is 5.26 Å². The van der Waals surface area contributed by atoms with E-state index in [-0.39, 0.29) is 17.2 Å². The molecule has 2 fully saturated rings. The lowest BCUT2D eigenvalue weighted by Gasteiger charge is -2.49. The highest BCUT2D eigenvalue weighted by atomic mass is 16.1. The van der Waals surface area contributed by atoms with Crippen LogP contribution in [0.25, 0.3) is 16.7 Å². The van der Waals surface area contributed by atoms with Gasteiger partial charge in [-0.3, -0.25) is 18.9 Å². The van der Waals surface area contributed by atoms with Gasteiger partial charge in [0.15, 0.2) is 5.69 Å². The van der Waals surface area contributed by atoms with Crippen molar-refractivity contribution in [3.8, 4) is 11.9 Å². The molecule has 1 saturated heterocycles. The van der Waals surface area contributed by atoms with Gasteiger partial charge in [-0.1, -0.05) is 0 Å². The van der Waals surface area contributed by atoms with Crippen LogP contribution >= 0.6 is 0 Å². The van der Waals surface area contributed by atoms with Gasteiger partial charge < -0.3 is 5.73 Å². The topological polar surface area (TPSA) is 119 Å². The Morgan fingerprint density at radius 3 is 2.63 bits per heavy atom. The number of nitrogens with two attached hydrogens (primary N) is 1. The maximum absolute atomic E-state index is 12.2. The first-order valence-electron chi connectivity index (χ1n) is 10.3. The molecule has 0 unspecified atom stereocenters. The Hall–Kier alpha value is -3.25. The Balaban J connectivity index is 1.39. The number of hydrogen-bond donors (Lipinski definition) is 1. The minimum atomic E-state index is -0.561. The third-order valence-corrected chi connectivity index (χ3v) is 6.46. The van der Waals surface area contributed by atoms with Crippen LogP contribution < -0.4 is 5.73 Å². The highest BCUT2D eigenvalue weighted by Gasteiger charge is 2.43. The zero-order chi connectivity index (χ0) is 20.9. The average Bonchev–Trinajstić information content (AvgIpc) is 3.41. The van der Waals surface area contributed by atoms with Gasteiger partial charge in [-0.05, 0) is 38.7 Å². The molecule has 1 aliphatic carbocycles. The van der Waals surface area contributed by atoms with Crippen LogP contribution in [0.1, 0.15) is 49.1 Å². The SMILES string of the molecule is CC1(C#N)CN(C2CCC(n3ncc4cc(-n5ccnc5)nc(C(N)=O)c43)CC2)C1. The summed E-state index contributed by atoms with van der Waals surface area (Å²) in [5.41, 5.74) is 6.44. The van der Waals surface area contributed by atoms with Gasteiger partial charge in [0.1, 0.15) is 17.7 Å². The number of likely N-dealkylation sites (tertiary alicyclic amines) is 1. The van der Waals surface area contributed by atoms with Crippen LogP contribution in [0.3, 0.4) is 0 Å². The number of hydrogen-bond acceptors (Lipinski definition) is 6. The van der Waals surface area contributed by atoms with Gasteiger partial charge in [-0.2, -0.15) is 10.4 Å². The number of nitrogens with zero attached hydrogens (tertiary/aromatic N) is 7. The molecule has 3 aromatic heterocycles. The standard InChI is InChI=1S/C21H24N8O/c1-21(10-22)11-28(12-21)15-2-4-16(5-3-15)29-19-14(9-25-29)8-17(26-18(19)20(23)30)27-7-6-24-13-27/h6-9,13,15-16H,2-5,11-12H2,1H3,(H2,23,30). The van der Waals surface area contributed by atoms with E-state index >= 15 is 0 Å². The molecule has 0 atom stereocenters. The summed E-state index contributed by atoms with van der Waals surface area (Å²) >= 11 is 0. The second-order valence-electron chi connectivity index (χ2n) is 8.73. The lowest BCUT2D eigenvalue weighted by atomic mass is 9.79. The van der Waals surface area contributed by atoms with Crippen LogP contribution in [-0.4, -0.2) is 54.3 Å². The van der Waals surface area contributed by atoms with E-state index in [0.717, 1.165) is 44.2 Å². The Labute approximate surface area is 174 Å². The Morgan fingerprint density at radius 2 is 2.00 bits per heavy atom. The Kier molecular flexibility index (Phi) is 4.33. The molecule has 30 heavy (non-hydrogen) atoms. The first kappa shape index (κ1) is 18.8.